The van der Waals surface area contributed by atoms with Crippen molar-refractivity contribution in [2.75, 3.05) is 25.0 Å². The van der Waals surface area contributed by atoms with Crippen molar-refractivity contribution in [2.24, 2.45) is 5.41 Å². The van der Waals surface area contributed by atoms with Crippen molar-refractivity contribution in [3.63, 3.8) is 0 Å². The predicted molar refractivity (Wildman–Crippen MR) is 104 cm³/mol. The summed E-state index contributed by atoms with van der Waals surface area (Å²) in [5.74, 6) is 1.62. The third kappa shape index (κ3) is 4.72. The molecule has 0 radical (unpaired) electrons. The minimum absolute atomic E-state index is 0.0261. The van der Waals surface area contributed by atoms with Crippen LogP contribution in [0.2, 0.25) is 0 Å². The molecule has 1 fully saturated rings. The molecule has 1 N–H and O–H groups in total. The SMILES string of the molecule is C#CCOc1cccc(NC(=O)C2(C(F)(F)F)CCN(Cc3ccccc3)C2)c1. The molecule has 0 saturated carbocycles. The van der Waals surface area contributed by atoms with Crippen LogP contribution in [-0.4, -0.2) is 36.7 Å². The Bertz CT molecular complexity index is 893. The first-order chi connectivity index (χ1) is 13.8. The largest absolute Gasteiger partial charge is 0.481 e. The standard InChI is InChI=1S/C22H21F3N2O2/c1-2-13-29-19-10-6-9-18(14-19)26-20(28)21(22(23,24)25)11-12-27(16-21)15-17-7-4-3-5-8-17/h1,3-10,14H,11-13,15-16H2,(H,26,28). The summed E-state index contributed by atoms with van der Waals surface area (Å²) in [4.78, 5) is 14.4. The molecule has 1 heterocycles. The normalized spacial score (nSPS) is 19.5. The van der Waals surface area contributed by atoms with Gasteiger partial charge in [0.25, 0.3) is 0 Å². The molecule has 1 amide bonds. The fraction of sp³-hybridized carbons (Fsp3) is 0.318. The first kappa shape index (κ1) is 20.7. The van der Waals surface area contributed by atoms with Gasteiger partial charge in [-0.3, -0.25) is 9.69 Å². The number of hydrogen-bond acceptors (Lipinski definition) is 3. The molecule has 1 saturated heterocycles. The molecule has 1 atom stereocenters. The minimum Gasteiger partial charge on any atom is -0.481 e. The molecule has 7 heteroatoms. The average Bonchev–Trinajstić information content (AvgIpc) is 3.13. The number of ether oxygens (including phenoxy) is 1. The van der Waals surface area contributed by atoms with Gasteiger partial charge in [-0.2, -0.15) is 13.2 Å². The van der Waals surface area contributed by atoms with Gasteiger partial charge < -0.3 is 10.1 Å². The highest BCUT2D eigenvalue weighted by molar-refractivity contribution is 5.96. The highest BCUT2D eigenvalue weighted by Crippen LogP contribution is 2.46. The van der Waals surface area contributed by atoms with E-state index in [0.717, 1.165) is 5.56 Å². The van der Waals surface area contributed by atoms with Gasteiger partial charge in [0, 0.05) is 24.8 Å². The van der Waals surface area contributed by atoms with Gasteiger partial charge in [0.1, 0.15) is 12.4 Å². The third-order valence-corrected chi connectivity index (χ3v) is 4.99. The summed E-state index contributed by atoms with van der Waals surface area (Å²) >= 11 is 0. The number of terminal acetylenes is 1. The Morgan fingerprint density at radius 3 is 2.66 bits per heavy atom. The number of hydrogen-bond donors (Lipinski definition) is 1. The summed E-state index contributed by atoms with van der Waals surface area (Å²) in [6, 6.07) is 15.4. The van der Waals surface area contributed by atoms with Gasteiger partial charge in [0.15, 0.2) is 5.41 Å². The Morgan fingerprint density at radius 1 is 1.21 bits per heavy atom. The summed E-state index contributed by atoms with van der Waals surface area (Å²) < 4.78 is 47.2. The van der Waals surface area contributed by atoms with Crippen LogP contribution in [0.5, 0.6) is 5.75 Å². The van der Waals surface area contributed by atoms with Crippen molar-refractivity contribution < 1.29 is 22.7 Å². The Morgan fingerprint density at radius 2 is 1.97 bits per heavy atom. The molecule has 152 valence electrons. The number of nitrogens with one attached hydrogen (secondary N) is 1. The zero-order valence-corrected chi connectivity index (χ0v) is 15.7. The highest BCUT2D eigenvalue weighted by Gasteiger charge is 2.62. The molecule has 2 aromatic carbocycles. The Balaban J connectivity index is 1.75. The molecule has 1 unspecified atom stereocenters. The summed E-state index contributed by atoms with van der Waals surface area (Å²) in [6.07, 6.45) is 0.181. The Labute approximate surface area is 167 Å². The number of halogens is 3. The van der Waals surface area contributed by atoms with Crippen molar-refractivity contribution in [2.45, 2.75) is 19.1 Å². The topological polar surface area (TPSA) is 41.6 Å². The van der Waals surface area contributed by atoms with E-state index in [1.165, 1.54) is 12.1 Å². The van der Waals surface area contributed by atoms with Crippen LogP contribution in [0.1, 0.15) is 12.0 Å². The second-order valence-corrected chi connectivity index (χ2v) is 7.00. The number of benzene rings is 2. The summed E-state index contributed by atoms with van der Waals surface area (Å²) in [5, 5.41) is 2.42. The number of alkyl halides is 3. The lowest BCUT2D eigenvalue weighted by Crippen LogP contribution is -2.49. The first-order valence-electron chi connectivity index (χ1n) is 9.15. The lowest BCUT2D eigenvalue weighted by molar-refractivity contribution is -0.215. The Hall–Kier alpha value is -2.98. The zero-order valence-electron chi connectivity index (χ0n) is 15.7. The number of rotatable bonds is 6. The molecule has 1 aliphatic heterocycles. The Kier molecular flexibility index (Phi) is 6.14. The van der Waals surface area contributed by atoms with Crippen LogP contribution in [0.4, 0.5) is 18.9 Å². The van der Waals surface area contributed by atoms with Crippen molar-refractivity contribution in [1.82, 2.24) is 4.90 Å². The van der Waals surface area contributed by atoms with E-state index in [4.69, 9.17) is 11.2 Å². The van der Waals surface area contributed by atoms with E-state index in [2.05, 4.69) is 11.2 Å². The van der Waals surface area contributed by atoms with Gasteiger partial charge >= 0.3 is 6.18 Å². The molecular formula is C22H21F3N2O2. The quantitative estimate of drug-likeness (QED) is 0.740. The average molecular weight is 402 g/mol. The first-order valence-corrected chi connectivity index (χ1v) is 9.15. The van der Waals surface area contributed by atoms with Crippen LogP contribution >= 0.6 is 0 Å². The molecular weight excluding hydrogens is 381 g/mol. The van der Waals surface area contributed by atoms with E-state index in [1.807, 2.05) is 30.3 Å². The van der Waals surface area contributed by atoms with E-state index in [9.17, 15) is 18.0 Å². The lowest BCUT2D eigenvalue weighted by atomic mass is 9.85. The van der Waals surface area contributed by atoms with Crippen molar-refractivity contribution in [1.29, 1.82) is 0 Å². The van der Waals surface area contributed by atoms with E-state index in [-0.39, 0.29) is 31.8 Å². The second kappa shape index (κ2) is 8.58. The smallest absolute Gasteiger partial charge is 0.404 e. The fourth-order valence-corrected chi connectivity index (χ4v) is 3.45. The van der Waals surface area contributed by atoms with Crippen molar-refractivity contribution >= 4 is 11.6 Å². The lowest BCUT2D eigenvalue weighted by Gasteiger charge is -2.30. The van der Waals surface area contributed by atoms with Crippen LogP contribution in [0.3, 0.4) is 0 Å². The molecule has 29 heavy (non-hydrogen) atoms. The third-order valence-electron chi connectivity index (χ3n) is 4.99. The van der Waals surface area contributed by atoms with Gasteiger partial charge in [-0.1, -0.05) is 42.3 Å². The van der Waals surface area contributed by atoms with Gasteiger partial charge in [0.2, 0.25) is 5.91 Å². The molecule has 4 nitrogen and oxygen atoms in total. The van der Waals surface area contributed by atoms with Crippen molar-refractivity contribution in [3.8, 4) is 18.1 Å². The van der Waals surface area contributed by atoms with Gasteiger partial charge in [-0.05, 0) is 30.7 Å². The minimum atomic E-state index is -4.67. The summed E-state index contributed by atoms with van der Waals surface area (Å²) in [6.45, 7) is 0.192. The summed E-state index contributed by atoms with van der Waals surface area (Å²) in [5.41, 5.74) is -1.32. The summed E-state index contributed by atoms with van der Waals surface area (Å²) in [7, 11) is 0. The zero-order chi connectivity index (χ0) is 20.9. The number of carbonyl (C=O) groups is 1. The molecule has 2 aromatic rings. The number of amides is 1. The maximum atomic E-state index is 14.0. The molecule has 1 aliphatic rings. The molecule has 0 aromatic heterocycles. The molecule has 0 aliphatic carbocycles. The van der Waals surface area contributed by atoms with Gasteiger partial charge in [-0.25, -0.2) is 0 Å². The van der Waals surface area contributed by atoms with Gasteiger partial charge in [0.05, 0.1) is 0 Å². The number of likely N-dealkylation sites (tertiary alicyclic amines) is 1. The molecule has 0 bridgehead atoms. The van der Waals surface area contributed by atoms with E-state index < -0.39 is 17.5 Å². The van der Waals surface area contributed by atoms with E-state index >= 15 is 0 Å². The van der Waals surface area contributed by atoms with Crippen molar-refractivity contribution in [3.05, 3.63) is 60.2 Å². The molecule has 0 spiro atoms. The van der Waals surface area contributed by atoms with Gasteiger partial charge in [-0.15, -0.1) is 6.42 Å². The maximum Gasteiger partial charge on any atom is 0.404 e. The van der Waals surface area contributed by atoms with Crippen LogP contribution in [0.15, 0.2) is 54.6 Å². The second-order valence-electron chi connectivity index (χ2n) is 7.00. The van der Waals surface area contributed by atoms with E-state index in [0.29, 0.717) is 12.3 Å². The van der Waals surface area contributed by atoms with Crippen LogP contribution in [0, 0.1) is 17.8 Å². The number of carbonyl (C=O) groups excluding carboxylic acids is 1. The van der Waals surface area contributed by atoms with Crippen LogP contribution in [-0.2, 0) is 11.3 Å². The van der Waals surface area contributed by atoms with Crippen LogP contribution in [0.25, 0.3) is 0 Å². The molecule has 3 rings (SSSR count). The highest BCUT2D eigenvalue weighted by atomic mass is 19.4. The number of nitrogens with zero attached hydrogens (tertiary/aromatic N) is 1. The number of anilines is 1. The van der Waals surface area contributed by atoms with E-state index in [1.54, 1.807) is 17.0 Å². The maximum absolute atomic E-state index is 14.0. The monoisotopic (exact) mass is 402 g/mol. The van der Waals surface area contributed by atoms with Crippen LogP contribution < -0.4 is 10.1 Å². The predicted octanol–water partition coefficient (Wildman–Crippen LogP) is 4.09. The fourth-order valence-electron chi connectivity index (χ4n) is 3.45.